The van der Waals surface area contributed by atoms with E-state index >= 15 is 0 Å². The number of sulfonamides is 1. The largest absolute Gasteiger partial charge is 0.339 e. The van der Waals surface area contributed by atoms with Crippen molar-refractivity contribution in [2.24, 2.45) is 0 Å². The topological polar surface area (TPSA) is 66.5 Å². The molecule has 0 fully saturated rings. The zero-order valence-electron chi connectivity index (χ0n) is 15.1. The third-order valence-corrected chi connectivity index (χ3v) is 6.10. The number of aryl methyl sites for hydroxylation is 1. The maximum atomic E-state index is 12.5. The summed E-state index contributed by atoms with van der Waals surface area (Å²) in [5, 5.41) is 0.645. The molecular formula is C19H23ClN2O3S. The number of carbonyl (C=O) groups excluding carboxylic acids is 1. The van der Waals surface area contributed by atoms with Gasteiger partial charge in [-0.3, -0.25) is 4.79 Å². The van der Waals surface area contributed by atoms with Crippen LogP contribution in [-0.4, -0.2) is 33.3 Å². The Bertz CT molecular complexity index is 867. The number of nitrogens with zero attached hydrogens (tertiary/aromatic N) is 1. The van der Waals surface area contributed by atoms with Crippen molar-refractivity contribution in [3.05, 3.63) is 64.7 Å². The van der Waals surface area contributed by atoms with Gasteiger partial charge in [-0.2, -0.15) is 0 Å². The summed E-state index contributed by atoms with van der Waals surface area (Å²) in [6, 6.07) is 14.0. The highest BCUT2D eigenvalue weighted by atomic mass is 35.5. The van der Waals surface area contributed by atoms with Crippen molar-refractivity contribution in [2.45, 2.75) is 30.7 Å². The SMILES string of the molecule is CNS(=O)(=O)c1ccc(CCC(=O)N(C)C(C)c2cccc(Cl)c2)cc1. The number of amides is 1. The molecule has 0 aliphatic heterocycles. The molecule has 0 bridgehead atoms. The lowest BCUT2D eigenvalue weighted by molar-refractivity contribution is -0.131. The van der Waals surface area contributed by atoms with Gasteiger partial charge in [-0.05, 0) is 55.8 Å². The Labute approximate surface area is 160 Å². The van der Waals surface area contributed by atoms with Crippen LogP contribution in [0.5, 0.6) is 0 Å². The van der Waals surface area contributed by atoms with Gasteiger partial charge in [0.15, 0.2) is 0 Å². The molecule has 26 heavy (non-hydrogen) atoms. The second-order valence-electron chi connectivity index (χ2n) is 6.09. The molecule has 0 saturated carbocycles. The van der Waals surface area contributed by atoms with E-state index in [0.29, 0.717) is 17.9 Å². The first-order valence-corrected chi connectivity index (χ1v) is 10.1. The molecule has 0 saturated heterocycles. The molecule has 1 unspecified atom stereocenters. The predicted molar refractivity (Wildman–Crippen MR) is 104 cm³/mol. The maximum absolute atomic E-state index is 12.5. The Morgan fingerprint density at radius 1 is 1.19 bits per heavy atom. The van der Waals surface area contributed by atoms with Crippen molar-refractivity contribution in [2.75, 3.05) is 14.1 Å². The lowest BCUT2D eigenvalue weighted by atomic mass is 10.1. The molecule has 2 aromatic rings. The van der Waals surface area contributed by atoms with Crippen LogP contribution in [0.15, 0.2) is 53.4 Å². The minimum atomic E-state index is -3.44. The summed E-state index contributed by atoms with van der Waals surface area (Å²) in [6.45, 7) is 1.96. The van der Waals surface area contributed by atoms with E-state index in [0.717, 1.165) is 11.1 Å². The second-order valence-corrected chi connectivity index (χ2v) is 8.41. The van der Waals surface area contributed by atoms with Crippen LogP contribution in [0.3, 0.4) is 0 Å². The smallest absolute Gasteiger partial charge is 0.240 e. The van der Waals surface area contributed by atoms with E-state index in [1.54, 1.807) is 42.3 Å². The van der Waals surface area contributed by atoms with E-state index in [4.69, 9.17) is 11.6 Å². The van der Waals surface area contributed by atoms with Gasteiger partial charge < -0.3 is 4.90 Å². The van der Waals surface area contributed by atoms with Gasteiger partial charge in [0.25, 0.3) is 0 Å². The van der Waals surface area contributed by atoms with Crippen LogP contribution in [0.1, 0.15) is 30.5 Å². The Morgan fingerprint density at radius 2 is 1.85 bits per heavy atom. The van der Waals surface area contributed by atoms with Gasteiger partial charge in [-0.25, -0.2) is 13.1 Å². The quantitative estimate of drug-likeness (QED) is 0.782. The standard InChI is InChI=1S/C19H23ClN2O3S/c1-14(16-5-4-6-17(20)13-16)22(3)19(23)12-9-15-7-10-18(11-8-15)26(24,25)21-2/h4-8,10-11,13-14,21H,9,12H2,1-3H3. The van der Waals surface area contributed by atoms with Crippen molar-refractivity contribution in [3.63, 3.8) is 0 Å². The monoisotopic (exact) mass is 394 g/mol. The van der Waals surface area contributed by atoms with Crippen LogP contribution in [0.25, 0.3) is 0 Å². The molecule has 0 aliphatic carbocycles. The van der Waals surface area contributed by atoms with Crippen LogP contribution >= 0.6 is 11.6 Å². The molecular weight excluding hydrogens is 372 g/mol. The molecule has 2 rings (SSSR count). The molecule has 0 heterocycles. The summed E-state index contributed by atoms with van der Waals surface area (Å²) >= 11 is 6.02. The molecule has 0 spiro atoms. The third kappa shape index (κ3) is 5.06. The number of hydrogen-bond donors (Lipinski definition) is 1. The fraction of sp³-hybridized carbons (Fsp3) is 0.316. The summed E-state index contributed by atoms with van der Waals surface area (Å²) in [6.07, 6.45) is 0.894. The Hall–Kier alpha value is -1.89. The molecule has 0 radical (unpaired) electrons. The maximum Gasteiger partial charge on any atom is 0.240 e. The van der Waals surface area contributed by atoms with Gasteiger partial charge in [0.05, 0.1) is 10.9 Å². The summed E-state index contributed by atoms with van der Waals surface area (Å²) in [5.74, 6) is 0.0180. The predicted octanol–water partition coefficient (Wildman–Crippen LogP) is 3.40. The molecule has 5 nitrogen and oxygen atoms in total. The van der Waals surface area contributed by atoms with Crippen molar-refractivity contribution < 1.29 is 13.2 Å². The van der Waals surface area contributed by atoms with E-state index in [1.165, 1.54) is 7.05 Å². The highest BCUT2D eigenvalue weighted by Gasteiger charge is 2.17. The highest BCUT2D eigenvalue weighted by Crippen LogP contribution is 2.22. The summed E-state index contributed by atoms with van der Waals surface area (Å²) in [7, 11) is -0.293. The van der Waals surface area contributed by atoms with Crippen LogP contribution < -0.4 is 4.72 Å². The molecule has 2 aromatic carbocycles. The van der Waals surface area contributed by atoms with Crippen molar-refractivity contribution in [1.29, 1.82) is 0 Å². The Kier molecular flexibility index (Phi) is 6.81. The van der Waals surface area contributed by atoms with Crippen LogP contribution in [0.4, 0.5) is 0 Å². The van der Waals surface area contributed by atoms with E-state index in [-0.39, 0.29) is 16.8 Å². The third-order valence-electron chi connectivity index (χ3n) is 4.44. The van der Waals surface area contributed by atoms with E-state index in [9.17, 15) is 13.2 Å². The molecule has 1 N–H and O–H groups in total. The van der Waals surface area contributed by atoms with E-state index < -0.39 is 10.0 Å². The average molecular weight is 395 g/mol. The minimum absolute atomic E-state index is 0.0180. The number of benzene rings is 2. The zero-order valence-corrected chi connectivity index (χ0v) is 16.6. The highest BCUT2D eigenvalue weighted by molar-refractivity contribution is 7.89. The summed E-state index contributed by atoms with van der Waals surface area (Å²) in [5.41, 5.74) is 1.90. The van der Waals surface area contributed by atoms with Gasteiger partial charge in [0, 0.05) is 18.5 Å². The first kappa shape index (κ1) is 20.4. The molecule has 140 valence electrons. The second kappa shape index (κ2) is 8.66. The normalized spacial score (nSPS) is 12.6. The molecule has 7 heteroatoms. The lowest BCUT2D eigenvalue weighted by Crippen LogP contribution is -2.29. The number of halogens is 1. The summed E-state index contributed by atoms with van der Waals surface area (Å²) in [4.78, 5) is 14.4. The van der Waals surface area contributed by atoms with Gasteiger partial charge in [-0.15, -0.1) is 0 Å². The number of rotatable bonds is 7. The number of hydrogen-bond acceptors (Lipinski definition) is 3. The number of nitrogens with one attached hydrogen (secondary N) is 1. The molecule has 0 aromatic heterocycles. The first-order chi connectivity index (χ1) is 12.2. The van der Waals surface area contributed by atoms with E-state index in [2.05, 4.69) is 4.72 Å². The van der Waals surface area contributed by atoms with Gasteiger partial charge in [0.1, 0.15) is 0 Å². The lowest BCUT2D eigenvalue weighted by Gasteiger charge is -2.25. The van der Waals surface area contributed by atoms with Gasteiger partial charge in [-0.1, -0.05) is 35.9 Å². The Balaban J connectivity index is 1.97. The number of carbonyl (C=O) groups is 1. The molecule has 1 amide bonds. The van der Waals surface area contributed by atoms with Crippen molar-refractivity contribution >= 4 is 27.5 Å². The zero-order chi connectivity index (χ0) is 19.3. The van der Waals surface area contributed by atoms with Crippen LogP contribution in [0, 0.1) is 0 Å². The minimum Gasteiger partial charge on any atom is -0.339 e. The first-order valence-electron chi connectivity index (χ1n) is 8.28. The molecule has 0 aliphatic rings. The Morgan fingerprint density at radius 3 is 2.42 bits per heavy atom. The average Bonchev–Trinajstić information content (AvgIpc) is 2.65. The summed E-state index contributed by atoms with van der Waals surface area (Å²) < 4.78 is 25.7. The fourth-order valence-electron chi connectivity index (χ4n) is 2.59. The van der Waals surface area contributed by atoms with Crippen LogP contribution in [0.2, 0.25) is 5.02 Å². The molecule has 1 atom stereocenters. The van der Waals surface area contributed by atoms with Gasteiger partial charge in [0.2, 0.25) is 15.9 Å². The van der Waals surface area contributed by atoms with Crippen LogP contribution in [-0.2, 0) is 21.2 Å². The van der Waals surface area contributed by atoms with Crippen molar-refractivity contribution in [3.8, 4) is 0 Å². The fourth-order valence-corrected chi connectivity index (χ4v) is 3.52. The van der Waals surface area contributed by atoms with Gasteiger partial charge >= 0.3 is 0 Å². The van der Waals surface area contributed by atoms with E-state index in [1.807, 2.05) is 25.1 Å². The van der Waals surface area contributed by atoms with Crippen molar-refractivity contribution in [1.82, 2.24) is 9.62 Å².